The van der Waals surface area contributed by atoms with Crippen LogP contribution in [0.15, 0.2) is 77.5 Å². The molecule has 0 aliphatic carbocycles. The summed E-state index contributed by atoms with van der Waals surface area (Å²) in [6.45, 7) is 0. The molecule has 24 heavy (non-hydrogen) atoms. The topological polar surface area (TPSA) is 50.7 Å². The van der Waals surface area contributed by atoms with Crippen LogP contribution < -0.4 is 5.32 Å². The van der Waals surface area contributed by atoms with Crippen LogP contribution in [0.4, 0.5) is 11.5 Å². The fourth-order valence-electron chi connectivity index (χ4n) is 2.47. The lowest BCUT2D eigenvalue weighted by molar-refractivity contribution is 1.21. The minimum absolute atomic E-state index is 0.677. The Bertz CT molecular complexity index is 985. The van der Waals surface area contributed by atoms with Crippen molar-refractivity contribution in [2.45, 2.75) is 0 Å². The zero-order chi connectivity index (χ0) is 16.4. The summed E-state index contributed by atoms with van der Waals surface area (Å²) in [4.78, 5) is 13.5. The Morgan fingerprint density at radius 3 is 2.33 bits per heavy atom. The van der Waals surface area contributed by atoms with Crippen LogP contribution >= 0.6 is 15.9 Å². The Kier molecular flexibility index (Phi) is 3.92. The molecule has 0 saturated heterocycles. The van der Waals surface area contributed by atoms with E-state index in [0.717, 1.165) is 32.4 Å². The van der Waals surface area contributed by atoms with Crippen LogP contribution in [0.3, 0.4) is 0 Å². The largest absolute Gasteiger partial charge is 0.340 e. The number of hydrogen-bond acceptors (Lipinski definition) is 4. The van der Waals surface area contributed by atoms with Gasteiger partial charge in [0.2, 0.25) is 0 Å². The Balaban J connectivity index is 1.85. The molecule has 4 rings (SSSR count). The van der Waals surface area contributed by atoms with Gasteiger partial charge in [0, 0.05) is 33.5 Å². The van der Waals surface area contributed by atoms with Crippen molar-refractivity contribution in [1.29, 1.82) is 0 Å². The summed E-state index contributed by atoms with van der Waals surface area (Å²) in [6, 6.07) is 19.8. The maximum absolute atomic E-state index is 4.73. The molecule has 2 aromatic carbocycles. The first-order valence-electron chi connectivity index (χ1n) is 7.49. The van der Waals surface area contributed by atoms with Crippen LogP contribution in [-0.2, 0) is 0 Å². The molecule has 4 nitrogen and oxygen atoms in total. The molecule has 116 valence electrons. The number of rotatable bonds is 3. The first-order chi connectivity index (χ1) is 11.8. The smallest absolute Gasteiger partial charge is 0.162 e. The number of fused-ring (bicyclic) bond motifs is 1. The zero-order valence-electron chi connectivity index (χ0n) is 12.6. The molecule has 0 aliphatic heterocycles. The van der Waals surface area contributed by atoms with Crippen molar-refractivity contribution < 1.29 is 0 Å². The summed E-state index contributed by atoms with van der Waals surface area (Å²) in [6.07, 6.45) is 3.49. The van der Waals surface area contributed by atoms with Crippen LogP contribution in [0.25, 0.3) is 22.3 Å². The van der Waals surface area contributed by atoms with Gasteiger partial charge in [0.1, 0.15) is 5.82 Å². The Morgan fingerprint density at radius 2 is 1.54 bits per heavy atom. The highest BCUT2D eigenvalue weighted by atomic mass is 79.9. The third-order valence-corrected chi connectivity index (χ3v) is 4.18. The summed E-state index contributed by atoms with van der Waals surface area (Å²) in [7, 11) is 0. The normalized spacial score (nSPS) is 10.7. The van der Waals surface area contributed by atoms with Gasteiger partial charge in [-0.05, 0) is 48.5 Å². The second-order valence-corrected chi connectivity index (χ2v) is 6.20. The molecule has 1 N–H and O–H groups in total. The monoisotopic (exact) mass is 376 g/mol. The second kappa shape index (κ2) is 6.37. The van der Waals surface area contributed by atoms with Crippen molar-refractivity contribution in [1.82, 2.24) is 15.0 Å². The molecular formula is C19H13BrN4. The van der Waals surface area contributed by atoms with E-state index < -0.39 is 0 Å². The average Bonchev–Trinajstić information content (AvgIpc) is 2.64. The van der Waals surface area contributed by atoms with Gasteiger partial charge in [0.05, 0.1) is 5.52 Å². The first kappa shape index (κ1) is 14.8. The maximum atomic E-state index is 4.73. The third-order valence-electron chi connectivity index (χ3n) is 3.65. The number of nitrogens with one attached hydrogen (secondary N) is 1. The van der Waals surface area contributed by atoms with E-state index >= 15 is 0 Å². The number of nitrogens with zero attached hydrogens (tertiary/aromatic N) is 3. The molecule has 0 saturated carbocycles. The highest BCUT2D eigenvalue weighted by Gasteiger charge is 2.09. The molecule has 2 heterocycles. The van der Waals surface area contributed by atoms with Crippen LogP contribution in [0.5, 0.6) is 0 Å². The Hall–Kier alpha value is -2.79. The molecule has 0 aliphatic rings. The number of halogens is 1. The summed E-state index contributed by atoms with van der Waals surface area (Å²) in [5.74, 6) is 1.46. The van der Waals surface area contributed by atoms with Gasteiger partial charge >= 0.3 is 0 Å². The van der Waals surface area contributed by atoms with Gasteiger partial charge in [-0.2, -0.15) is 0 Å². The van der Waals surface area contributed by atoms with E-state index in [1.165, 1.54) is 0 Å². The molecule has 0 fully saturated rings. The summed E-state index contributed by atoms with van der Waals surface area (Å²) < 4.78 is 1.04. The quantitative estimate of drug-likeness (QED) is 0.533. The Morgan fingerprint density at radius 1 is 0.792 bits per heavy atom. The summed E-state index contributed by atoms with van der Waals surface area (Å²) in [5.41, 5.74) is 2.82. The van der Waals surface area contributed by atoms with Gasteiger partial charge in [-0.25, -0.2) is 9.97 Å². The van der Waals surface area contributed by atoms with E-state index in [2.05, 4.69) is 31.2 Å². The lowest BCUT2D eigenvalue weighted by Gasteiger charge is -2.11. The predicted molar refractivity (Wildman–Crippen MR) is 100 cm³/mol. The van der Waals surface area contributed by atoms with Crippen molar-refractivity contribution in [3.8, 4) is 11.4 Å². The van der Waals surface area contributed by atoms with Crippen LogP contribution in [0.2, 0.25) is 0 Å². The highest BCUT2D eigenvalue weighted by Crippen LogP contribution is 2.27. The van der Waals surface area contributed by atoms with Gasteiger partial charge in [0.15, 0.2) is 5.82 Å². The van der Waals surface area contributed by atoms with Crippen LogP contribution in [0, 0.1) is 0 Å². The molecular weight excluding hydrogens is 364 g/mol. The van der Waals surface area contributed by atoms with Crippen molar-refractivity contribution in [2.75, 3.05) is 5.32 Å². The molecule has 0 unspecified atom stereocenters. The lowest BCUT2D eigenvalue weighted by Crippen LogP contribution is -1.99. The highest BCUT2D eigenvalue weighted by molar-refractivity contribution is 9.10. The maximum Gasteiger partial charge on any atom is 0.162 e. The zero-order valence-corrected chi connectivity index (χ0v) is 14.2. The molecule has 0 radical (unpaired) electrons. The SMILES string of the molecule is Brc1ccc(Nc2nc(-c3ccncc3)nc3ccccc23)cc1. The number of anilines is 2. The molecule has 2 aromatic heterocycles. The summed E-state index contributed by atoms with van der Waals surface area (Å²) >= 11 is 3.45. The number of hydrogen-bond donors (Lipinski definition) is 1. The molecule has 5 heteroatoms. The number of benzene rings is 2. The summed E-state index contributed by atoms with van der Waals surface area (Å²) in [5, 5.41) is 4.38. The average molecular weight is 377 g/mol. The predicted octanol–water partition coefficient (Wildman–Crippen LogP) is 5.20. The third kappa shape index (κ3) is 2.98. The Labute approximate surface area is 147 Å². The van der Waals surface area contributed by atoms with E-state index in [4.69, 9.17) is 4.98 Å². The van der Waals surface area contributed by atoms with Crippen LogP contribution in [0.1, 0.15) is 0 Å². The fraction of sp³-hybridized carbons (Fsp3) is 0. The van der Waals surface area contributed by atoms with Crippen LogP contribution in [-0.4, -0.2) is 15.0 Å². The molecule has 4 aromatic rings. The van der Waals surface area contributed by atoms with Gasteiger partial charge < -0.3 is 5.32 Å². The van der Waals surface area contributed by atoms with Gasteiger partial charge in [-0.15, -0.1) is 0 Å². The van der Waals surface area contributed by atoms with Crippen molar-refractivity contribution in [3.63, 3.8) is 0 Å². The van der Waals surface area contributed by atoms with E-state index in [9.17, 15) is 0 Å². The molecule has 0 spiro atoms. The van der Waals surface area contributed by atoms with Crippen molar-refractivity contribution in [2.24, 2.45) is 0 Å². The van der Waals surface area contributed by atoms with E-state index in [-0.39, 0.29) is 0 Å². The number of pyridine rings is 1. The number of aromatic nitrogens is 3. The molecule has 0 bridgehead atoms. The van der Waals surface area contributed by atoms with E-state index in [1.54, 1.807) is 12.4 Å². The van der Waals surface area contributed by atoms with Crippen molar-refractivity contribution >= 4 is 38.3 Å². The molecule has 0 amide bonds. The molecule has 0 atom stereocenters. The van der Waals surface area contributed by atoms with Crippen molar-refractivity contribution in [3.05, 3.63) is 77.5 Å². The van der Waals surface area contributed by atoms with E-state index in [0.29, 0.717) is 5.82 Å². The minimum atomic E-state index is 0.677. The lowest BCUT2D eigenvalue weighted by atomic mass is 10.2. The van der Waals surface area contributed by atoms with E-state index in [1.807, 2.05) is 60.7 Å². The standard InChI is InChI=1S/C19H13BrN4/c20-14-5-7-15(8-6-14)22-19-16-3-1-2-4-17(16)23-18(24-19)13-9-11-21-12-10-13/h1-12H,(H,22,23,24). The minimum Gasteiger partial charge on any atom is -0.340 e. The number of para-hydroxylation sites is 1. The first-order valence-corrected chi connectivity index (χ1v) is 8.29. The van der Waals surface area contributed by atoms with Gasteiger partial charge in [-0.1, -0.05) is 28.1 Å². The second-order valence-electron chi connectivity index (χ2n) is 5.28. The van der Waals surface area contributed by atoms with Gasteiger partial charge in [0.25, 0.3) is 0 Å². The van der Waals surface area contributed by atoms with Gasteiger partial charge in [-0.3, -0.25) is 4.98 Å². The fourth-order valence-corrected chi connectivity index (χ4v) is 2.74.